The van der Waals surface area contributed by atoms with Crippen LogP contribution in [0.1, 0.15) is 67.8 Å². The number of rotatable bonds is 7. The molecular weight excluding hydrogens is 416 g/mol. The van der Waals surface area contributed by atoms with Gasteiger partial charge in [0, 0.05) is 37.3 Å². The van der Waals surface area contributed by atoms with E-state index in [1.165, 1.54) is 11.1 Å². The minimum Gasteiger partial charge on any atom is -0.493 e. The predicted molar refractivity (Wildman–Crippen MR) is 131 cm³/mol. The van der Waals surface area contributed by atoms with Crippen LogP contribution in [-0.2, 0) is 14.2 Å². The molecule has 2 unspecified atom stereocenters. The zero-order valence-electron chi connectivity index (χ0n) is 20.5. The van der Waals surface area contributed by atoms with Crippen molar-refractivity contribution < 1.29 is 19.0 Å². The van der Waals surface area contributed by atoms with Crippen LogP contribution in [0.4, 0.5) is 0 Å². The second-order valence-electron chi connectivity index (χ2n) is 8.62. The fraction of sp³-hybridized carbons (Fsp3) is 0.593. The van der Waals surface area contributed by atoms with Crippen molar-refractivity contribution in [1.29, 1.82) is 0 Å². The van der Waals surface area contributed by atoms with Gasteiger partial charge < -0.3 is 24.4 Å². The van der Waals surface area contributed by atoms with Crippen LogP contribution < -0.4 is 5.32 Å². The number of nitrogens with one attached hydrogen (secondary N) is 1. The van der Waals surface area contributed by atoms with Crippen molar-refractivity contribution in [2.24, 2.45) is 0 Å². The summed E-state index contributed by atoms with van der Waals surface area (Å²) in [5.41, 5.74) is 3.14. The Balaban J connectivity index is 1.95. The van der Waals surface area contributed by atoms with Gasteiger partial charge in [-0.3, -0.25) is 4.79 Å². The summed E-state index contributed by atoms with van der Waals surface area (Å²) in [5, 5.41) is 3.51. The first-order valence-corrected chi connectivity index (χ1v) is 12.4. The summed E-state index contributed by atoms with van der Waals surface area (Å²) in [4.78, 5) is 14.6. The third-order valence-electron chi connectivity index (χ3n) is 6.48. The highest BCUT2D eigenvalue weighted by molar-refractivity contribution is 5.94. The fourth-order valence-electron chi connectivity index (χ4n) is 4.67. The lowest BCUT2D eigenvalue weighted by molar-refractivity contribution is -0.0615. The van der Waals surface area contributed by atoms with Crippen LogP contribution in [-0.4, -0.2) is 63.6 Å². The average Bonchev–Trinajstić information content (AvgIpc) is 2.84. The molecule has 1 aromatic carbocycles. The van der Waals surface area contributed by atoms with Crippen molar-refractivity contribution in [2.75, 3.05) is 46.7 Å². The Morgan fingerprint density at radius 1 is 1.12 bits per heavy atom. The number of carbonyl (C=O) groups is 1. The third kappa shape index (κ3) is 6.92. The maximum Gasteiger partial charge on any atom is 0.253 e. The number of carbonyl (C=O) groups excluding carboxylic acids is 1. The highest BCUT2D eigenvalue weighted by Gasteiger charge is 2.30. The maximum atomic E-state index is 12.8. The lowest BCUT2D eigenvalue weighted by Crippen LogP contribution is -2.30. The van der Waals surface area contributed by atoms with Crippen LogP contribution in [0.2, 0.25) is 0 Å². The molecule has 3 rings (SSSR count). The molecule has 1 aliphatic heterocycles. The van der Waals surface area contributed by atoms with E-state index in [9.17, 15) is 4.79 Å². The summed E-state index contributed by atoms with van der Waals surface area (Å²) < 4.78 is 17.6. The smallest absolute Gasteiger partial charge is 0.253 e. The molecule has 1 N–H and O–H groups in total. The number of amides is 1. The topological polar surface area (TPSA) is 60.0 Å². The molecule has 0 radical (unpaired) electrons. The van der Waals surface area contributed by atoms with Gasteiger partial charge in [0.1, 0.15) is 12.6 Å². The first-order chi connectivity index (χ1) is 16.2. The number of nitrogens with zero attached hydrogens (tertiary/aromatic N) is 1. The van der Waals surface area contributed by atoms with Gasteiger partial charge in [-0.1, -0.05) is 24.6 Å². The highest BCUT2D eigenvalue weighted by Crippen LogP contribution is 2.39. The zero-order chi connectivity index (χ0) is 23.5. The Labute approximate surface area is 199 Å². The Bertz CT molecular complexity index is 799. The summed E-state index contributed by atoms with van der Waals surface area (Å²) in [5.74, 6) is 1.18. The highest BCUT2D eigenvalue weighted by atomic mass is 16.7. The molecule has 6 nitrogen and oxygen atoms in total. The van der Waals surface area contributed by atoms with E-state index in [0.717, 1.165) is 56.5 Å². The maximum absolute atomic E-state index is 12.8. The number of ether oxygens (including phenoxy) is 3. The van der Waals surface area contributed by atoms with E-state index in [1.54, 1.807) is 7.11 Å². The molecule has 0 aromatic heterocycles. The van der Waals surface area contributed by atoms with Crippen molar-refractivity contribution in [3.8, 4) is 0 Å². The van der Waals surface area contributed by atoms with Crippen molar-refractivity contribution in [3.63, 3.8) is 0 Å². The lowest BCUT2D eigenvalue weighted by atomic mass is 9.80. The standard InChI is InChI=1S/C27H40N2O4/c1-4-29(5-2)27(30)22-15-13-21(14-16-22)23-10-6-7-17-28-18-9-19-32-24-11-8-12-25(26(23)24)33-20-31-3/h8,11,13-16,23,25,28H,4-7,9-10,12,17-20H2,1-3H3. The number of hydrogen-bond acceptors (Lipinski definition) is 5. The summed E-state index contributed by atoms with van der Waals surface area (Å²) >= 11 is 0. The molecule has 0 fully saturated rings. The first kappa shape index (κ1) is 25.5. The summed E-state index contributed by atoms with van der Waals surface area (Å²) in [6, 6.07) is 8.17. The number of benzene rings is 1. The van der Waals surface area contributed by atoms with Gasteiger partial charge in [-0.25, -0.2) is 0 Å². The molecule has 0 saturated carbocycles. The number of methoxy groups -OCH3 is 1. The minimum absolute atomic E-state index is 0.0759. The molecule has 2 atom stereocenters. The largest absolute Gasteiger partial charge is 0.493 e. The molecule has 182 valence electrons. The predicted octanol–water partition coefficient (Wildman–Crippen LogP) is 4.64. The van der Waals surface area contributed by atoms with E-state index < -0.39 is 0 Å². The molecule has 1 aromatic rings. The van der Waals surface area contributed by atoms with Crippen LogP contribution in [0.3, 0.4) is 0 Å². The summed E-state index contributed by atoms with van der Waals surface area (Å²) in [7, 11) is 1.65. The zero-order valence-corrected chi connectivity index (χ0v) is 20.5. The van der Waals surface area contributed by atoms with E-state index in [4.69, 9.17) is 14.2 Å². The SMILES string of the molecule is CCN(CC)C(=O)c1ccc(C2CCCCNCCCOC3=C2C(OCOC)CC=C3)cc1. The van der Waals surface area contributed by atoms with Crippen LogP contribution in [0.25, 0.3) is 0 Å². The molecule has 0 spiro atoms. The lowest BCUT2D eigenvalue weighted by Gasteiger charge is -2.32. The van der Waals surface area contributed by atoms with Crippen molar-refractivity contribution in [1.82, 2.24) is 10.2 Å². The van der Waals surface area contributed by atoms with E-state index in [-0.39, 0.29) is 24.7 Å². The average molecular weight is 457 g/mol. The second-order valence-corrected chi connectivity index (χ2v) is 8.62. The van der Waals surface area contributed by atoms with Gasteiger partial charge in [0.05, 0.1) is 12.7 Å². The van der Waals surface area contributed by atoms with Gasteiger partial charge in [0.25, 0.3) is 5.91 Å². The fourth-order valence-corrected chi connectivity index (χ4v) is 4.67. The Morgan fingerprint density at radius 3 is 2.61 bits per heavy atom. The second kappa shape index (κ2) is 13.5. The van der Waals surface area contributed by atoms with E-state index in [2.05, 4.69) is 29.6 Å². The van der Waals surface area contributed by atoms with Gasteiger partial charge in [0.15, 0.2) is 0 Å². The van der Waals surface area contributed by atoms with Crippen molar-refractivity contribution in [3.05, 3.63) is 58.9 Å². The molecule has 2 aliphatic rings. The van der Waals surface area contributed by atoms with Crippen molar-refractivity contribution in [2.45, 2.75) is 58.0 Å². The summed E-state index contributed by atoms with van der Waals surface area (Å²) in [6.45, 7) is 8.39. The summed E-state index contributed by atoms with van der Waals surface area (Å²) in [6.07, 6.45) is 9.19. The Hall–Kier alpha value is -2.15. The van der Waals surface area contributed by atoms with Crippen LogP contribution >= 0.6 is 0 Å². The van der Waals surface area contributed by atoms with E-state index in [0.29, 0.717) is 19.7 Å². The van der Waals surface area contributed by atoms with Crippen LogP contribution in [0.15, 0.2) is 47.7 Å². The monoisotopic (exact) mass is 456 g/mol. The van der Waals surface area contributed by atoms with Gasteiger partial charge in [-0.05, 0) is 76.4 Å². The molecule has 33 heavy (non-hydrogen) atoms. The molecule has 0 saturated heterocycles. The molecule has 0 bridgehead atoms. The van der Waals surface area contributed by atoms with E-state index in [1.807, 2.05) is 30.9 Å². The minimum atomic E-state index is -0.0759. The van der Waals surface area contributed by atoms with Crippen LogP contribution in [0, 0.1) is 0 Å². The number of allylic oxidation sites excluding steroid dienone is 1. The molecule has 1 heterocycles. The van der Waals surface area contributed by atoms with E-state index >= 15 is 0 Å². The Morgan fingerprint density at radius 2 is 1.88 bits per heavy atom. The van der Waals surface area contributed by atoms with Crippen LogP contribution in [0.5, 0.6) is 0 Å². The van der Waals surface area contributed by atoms with Gasteiger partial charge >= 0.3 is 0 Å². The normalized spacial score (nSPS) is 22.0. The van der Waals surface area contributed by atoms with Gasteiger partial charge in [0.2, 0.25) is 0 Å². The molecule has 1 amide bonds. The van der Waals surface area contributed by atoms with Crippen molar-refractivity contribution >= 4 is 5.91 Å². The number of hydrogen-bond donors (Lipinski definition) is 1. The molecule has 6 heteroatoms. The van der Waals surface area contributed by atoms with Gasteiger partial charge in [-0.15, -0.1) is 0 Å². The molecule has 1 aliphatic carbocycles. The molecular formula is C27H40N2O4. The van der Waals surface area contributed by atoms with Gasteiger partial charge in [-0.2, -0.15) is 0 Å². The Kier molecular flexibility index (Phi) is 10.4. The third-order valence-corrected chi connectivity index (χ3v) is 6.48. The first-order valence-electron chi connectivity index (χ1n) is 12.4. The quantitative estimate of drug-likeness (QED) is 0.606.